The van der Waals surface area contributed by atoms with Crippen molar-refractivity contribution in [1.82, 2.24) is 0 Å². The first-order valence-electron chi connectivity index (χ1n) is 7.18. The van der Waals surface area contributed by atoms with Crippen LogP contribution < -0.4 is 4.90 Å². The summed E-state index contributed by atoms with van der Waals surface area (Å²) in [6, 6.07) is 10.6. The van der Waals surface area contributed by atoms with E-state index in [1.54, 1.807) is 24.3 Å². The van der Waals surface area contributed by atoms with Crippen LogP contribution in [0.25, 0.3) is 0 Å². The highest BCUT2D eigenvalue weighted by molar-refractivity contribution is 8.01. The van der Waals surface area contributed by atoms with Crippen molar-refractivity contribution in [3.05, 3.63) is 64.7 Å². The molecule has 1 heterocycles. The molecule has 8 heteroatoms. The van der Waals surface area contributed by atoms with E-state index in [1.807, 2.05) is 0 Å². The largest absolute Gasteiger partial charge is 0.416 e. The number of nitrogens with zero attached hydrogens (tertiary/aromatic N) is 1. The Bertz CT molecular complexity index is 806. The third-order valence-electron chi connectivity index (χ3n) is 3.69. The number of alkyl halides is 3. The minimum atomic E-state index is -4.48. The number of rotatable bonds is 2. The highest BCUT2D eigenvalue weighted by atomic mass is 35.5. The van der Waals surface area contributed by atoms with Crippen molar-refractivity contribution in [2.24, 2.45) is 0 Å². The smallest absolute Gasteiger partial charge is 0.273 e. The van der Waals surface area contributed by atoms with Crippen LogP contribution in [0.5, 0.6) is 0 Å². The molecule has 2 amide bonds. The van der Waals surface area contributed by atoms with Crippen LogP contribution in [-0.2, 0) is 15.8 Å². The Morgan fingerprint density at radius 2 is 1.60 bits per heavy atom. The molecule has 1 aliphatic heterocycles. The van der Waals surface area contributed by atoms with E-state index in [4.69, 9.17) is 11.6 Å². The van der Waals surface area contributed by atoms with E-state index in [0.29, 0.717) is 10.6 Å². The number of carbonyl (C=O) groups is 2. The molecule has 0 aromatic heterocycles. The Hall–Kier alpha value is -1.99. The molecular weight excluding hydrogens is 375 g/mol. The van der Waals surface area contributed by atoms with Gasteiger partial charge in [0.15, 0.2) is 0 Å². The fourth-order valence-corrected chi connectivity index (χ4v) is 3.64. The molecule has 0 N–H and O–H groups in total. The van der Waals surface area contributed by atoms with Crippen LogP contribution in [0.4, 0.5) is 18.9 Å². The van der Waals surface area contributed by atoms with Crippen LogP contribution >= 0.6 is 23.4 Å². The molecule has 2 aromatic carbocycles. The average Bonchev–Trinajstić information content (AvgIpc) is 2.56. The molecule has 0 saturated carbocycles. The summed E-state index contributed by atoms with van der Waals surface area (Å²) in [4.78, 5) is 25.8. The minimum Gasteiger partial charge on any atom is -0.273 e. The van der Waals surface area contributed by atoms with Gasteiger partial charge < -0.3 is 0 Å². The maximum Gasteiger partial charge on any atom is 0.416 e. The Morgan fingerprint density at radius 1 is 1.00 bits per heavy atom. The third-order valence-corrected chi connectivity index (χ3v) is 5.17. The van der Waals surface area contributed by atoms with Crippen molar-refractivity contribution < 1.29 is 22.8 Å². The van der Waals surface area contributed by atoms with Crippen LogP contribution in [-0.4, -0.2) is 17.6 Å². The maximum atomic E-state index is 12.7. The zero-order chi connectivity index (χ0) is 18.2. The number of carbonyl (C=O) groups excluding carboxylic acids is 2. The molecule has 130 valence electrons. The summed E-state index contributed by atoms with van der Waals surface area (Å²) in [5, 5.41) is -0.0926. The third kappa shape index (κ3) is 3.67. The van der Waals surface area contributed by atoms with Crippen molar-refractivity contribution >= 4 is 40.9 Å². The predicted octanol–water partition coefficient (Wildman–Crippen LogP) is 4.71. The molecule has 0 spiro atoms. The van der Waals surface area contributed by atoms with Gasteiger partial charge in [0.25, 0.3) is 5.91 Å². The molecular formula is C17H11ClF3NO2S. The first-order valence-corrected chi connectivity index (χ1v) is 8.61. The summed E-state index contributed by atoms with van der Waals surface area (Å²) in [5.74, 6) is -0.886. The van der Waals surface area contributed by atoms with Crippen molar-refractivity contribution in [2.75, 3.05) is 10.7 Å². The van der Waals surface area contributed by atoms with Crippen molar-refractivity contribution in [3.63, 3.8) is 0 Å². The first-order chi connectivity index (χ1) is 11.8. The summed E-state index contributed by atoms with van der Waals surface area (Å²) < 4.78 is 38.0. The molecule has 1 fully saturated rings. The molecule has 1 aliphatic rings. The Balaban J connectivity index is 1.90. The second-order valence-corrected chi connectivity index (χ2v) is 6.88. The van der Waals surface area contributed by atoms with Crippen molar-refractivity contribution in [1.29, 1.82) is 0 Å². The summed E-state index contributed by atoms with van der Waals surface area (Å²) in [6.07, 6.45) is -4.48. The van der Waals surface area contributed by atoms with Gasteiger partial charge in [-0.05, 0) is 42.0 Å². The number of hydrogen-bond acceptors (Lipinski definition) is 3. The number of anilines is 1. The van der Waals surface area contributed by atoms with E-state index < -0.39 is 28.8 Å². The van der Waals surface area contributed by atoms with Gasteiger partial charge in [0.05, 0.1) is 17.0 Å². The minimum absolute atomic E-state index is 0.0556. The second kappa shape index (κ2) is 6.72. The van der Waals surface area contributed by atoms with Crippen molar-refractivity contribution in [3.8, 4) is 0 Å². The van der Waals surface area contributed by atoms with E-state index in [2.05, 4.69) is 0 Å². The van der Waals surface area contributed by atoms with Gasteiger partial charge in [-0.3, -0.25) is 9.59 Å². The highest BCUT2D eigenvalue weighted by Crippen LogP contribution is 2.38. The number of imide groups is 1. The molecule has 3 rings (SSSR count). The zero-order valence-corrected chi connectivity index (χ0v) is 14.2. The Kier molecular flexibility index (Phi) is 4.79. The van der Waals surface area contributed by atoms with E-state index in [1.165, 1.54) is 11.8 Å². The summed E-state index contributed by atoms with van der Waals surface area (Å²) in [5.41, 5.74) is -0.0251. The number of benzene rings is 2. The lowest BCUT2D eigenvalue weighted by atomic mass is 10.1. The lowest BCUT2D eigenvalue weighted by molar-refractivity contribution is -0.137. The van der Waals surface area contributed by atoms with Gasteiger partial charge in [0.1, 0.15) is 5.25 Å². The lowest BCUT2D eigenvalue weighted by Crippen LogP contribution is -2.44. The van der Waals surface area contributed by atoms with Crippen LogP contribution in [0, 0.1) is 0 Å². The van der Waals surface area contributed by atoms with E-state index >= 15 is 0 Å². The van der Waals surface area contributed by atoms with Gasteiger partial charge in [0.2, 0.25) is 5.91 Å². The molecule has 0 bridgehead atoms. The number of hydrogen-bond donors (Lipinski definition) is 0. The summed E-state index contributed by atoms with van der Waals surface area (Å²) >= 11 is 7.02. The molecule has 1 atom stereocenters. The van der Waals surface area contributed by atoms with E-state index in [-0.39, 0.29) is 11.4 Å². The Morgan fingerprint density at radius 3 is 2.16 bits per heavy atom. The molecule has 3 nitrogen and oxygen atoms in total. The van der Waals surface area contributed by atoms with Gasteiger partial charge in [-0.15, -0.1) is 11.8 Å². The standard InChI is InChI=1S/C17H11ClF3NO2S/c18-12-5-1-10(2-6-12)15-16(24)22(14(23)9-25-15)13-7-3-11(4-8-13)17(19,20)21/h1-8,15H,9H2. The van der Waals surface area contributed by atoms with E-state index in [9.17, 15) is 22.8 Å². The monoisotopic (exact) mass is 385 g/mol. The van der Waals surface area contributed by atoms with E-state index in [0.717, 1.165) is 29.2 Å². The Labute approximate surface area is 150 Å². The SMILES string of the molecule is O=C1CSC(c2ccc(Cl)cc2)C(=O)N1c1ccc(C(F)(F)F)cc1. The average molecular weight is 386 g/mol. The second-order valence-electron chi connectivity index (χ2n) is 5.35. The molecule has 0 radical (unpaired) electrons. The fourth-order valence-electron chi connectivity index (χ4n) is 2.48. The molecule has 25 heavy (non-hydrogen) atoms. The highest BCUT2D eigenvalue weighted by Gasteiger charge is 2.37. The van der Waals surface area contributed by atoms with Crippen LogP contribution in [0.1, 0.15) is 16.4 Å². The summed E-state index contributed by atoms with van der Waals surface area (Å²) in [7, 11) is 0. The lowest BCUT2D eigenvalue weighted by Gasteiger charge is -2.30. The van der Waals surface area contributed by atoms with Gasteiger partial charge >= 0.3 is 6.18 Å². The fraction of sp³-hybridized carbons (Fsp3) is 0.176. The van der Waals surface area contributed by atoms with Gasteiger partial charge in [-0.25, -0.2) is 4.90 Å². The number of halogens is 4. The van der Waals surface area contributed by atoms with Crippen LogP contribution in [0.3, 0.4) is 0 Å². The number of thioether (sulfide) groups is 1. The quantitative estimate of drug-likeness (QED) is 0.703. The predicted molar refractivity (Wildman–Crippen MR) is 90.6 cm³/mol. The molecule has 1 saturated heterocycles. The molecule has 1 unspecified atom stereocenters. The van der Waals surface area contributed by atoms with Gasteiger partial charge in [0, 0.05) is 5.02 Å². The number of amides is 2. The van der Waals surface area contributed by atoms with Crippen molar-refractivity contribution in [2.45, 2.75) is 11.4 Å². The normalized spacial score (nSPS) is 18.6. The zero-order valence-electron chi connectivity index (χ0n) is 12.6. The van der Waals surface area contributed by atoms with Gasteiger partial charge in [-0.1, -0.05) is 23.7 Å². The molecule has 2 aromatic rings. The maximum absolute atomic E-state index is 12.7. The summed E-state index contributed by atoms with van der Waals surface area (Å²) in [6.45, 7) is 0. The van der Waals surface area contributed by atoms with Gasteiger partial charge in [-0.2, -0.15) is 13.2 Å². The van der Waals surface area contributed by atoms with Crippen LogP contribution in [0.2, 0.25) is 5.02 Å². The topological polar surface area (TPSA) is 37.4 Å². The first kappa shape index (κ1) is 17.8. The van der Waals surface area contributed by atoms with Crippen LogP contribution in [0.15, 0.2) is 48.5 Å². The molecule has 0 aliphatic carbocycles.